The quantitative estimate of drug-likeness (QED) is 0.473. The van der Waals surface area contributed by atoms with Crippen molar-refractivity contribution in [3.05, 3.63) is 85.8 Å². The number of hydrogen-bond acceptors (Lipinski definition) is 5. The van der Waals surface area contributed by atoms with Crippen LogP contribution in [0.5, 0.6) is 0 Å². The van der Waals surface area contributed by atoms with Crippen molar-refractivity contribution in [3.8, 4) is 11.3 Å². The Morgan fingerprint density at radius 1 is 1.17 bits per heavy atom. The maximum Gasteiger partial charge on any atom is 0.335 e. The maximum atomic E-state index is 12.8. The molecule has 6 nitrogen and oxygen atoms in total. The molecule has 0 aliphatic heterocycles. The van der Waals surface area contributed by atoms with Gasteiger partial charge in [0.1, 0.15) is 16.1 Å². The third kappa shape index (κ3) is 2.91. The number of carboxylic acid groups (broad SMARTS) is 1. The van der Waals surface area contributed by atoms with Crippen molar-refractivity contribution in [3.63, 3.8) is 0 Å². The van der Waals surface area contributed by atoms with Crippen molar-refractivity contribution in [2.75, 3.05) is 0 Å². The number of hydrogen-bond donors (Lipinski definition) is 1. The van der Waals surface area contributed by atoms with Gasteiger partial charge in [-0.25, -0.2) is 14.2 Å². The molecule has 0 saturated heterocycles. The number of halogens is 1. The third-order valence-corrected chi connectivity index (χ3v) is 5.82. The summed E-state index contributed by atoms with van der Waals surface area (Å²) in [4.78, 5) is 29.1. The van der Waals surface area contributed by atoms with E-state index in [0.717, 1.165) is 11.0 Å². The van der Waals surface area contributed by atoms with E-state index in [1.807, 2.05) is 24.3 Å². The van der Waals surface area contributed by atoms with Gasteiger partial charge in [-0.3, -0.25) is 4.79 Å². The van der Waals surface area contributed by atoms with E-state index in [0.29, 0.717) is 31.6 Å². The molecule has 0 atom stereocenters. The van der Waals surface area contributed by atoms with Crippen molar-refractivity contribution < 1.29 is 14.3 Å². The minimum Gasteiger partial charge on any atom is -0.478 e. The minimum absolute atomic E-state index is 0.111. The Balaban J connectivity index is 1.61. The summed E-state index contributed by atoms with van der Waals surface area (Å²) in [5.41, 5.74) is 1.96. The molecule has 5 aromatic rings. The Kier molecular flexibility index (Phi) is 4.01. The minimum atomic E-state index is -1.05. The standard InChI is InChI=1S/C21H11ClN2O4S/c22-14-7-5-11(20(26)27)9-13(14)17-8-6-12(28-17)10-18-19(25)24-16-4-2-1-3-15(16)23-21(24)29-18/h1-10H,(H,26,27). The fourth-order valence-corrected chi connectivity index (χ4v) is 4.34. The largest absolute Gasteiger partial charge is 0.478 e. The van der Waals surface area contributed by atoms with E-state index in [1.54, 1.807) is 22.6 Å². The molecule has 0 bridgehead atoms. The first-order chi connectivity index (χ1) is 14.0. The second-order valence-electron chi connectivity index (χ2n) is 6.34. The summed E-state index contributed by atoms with van der Waals surface area (Å²) >= 11 is 7.48. The molecular formula is C21H11ClN2O4S. The number of aromatic carboxylic acids is 1. The van der Waals surface area contributed by atoms with Gasteiger partial charge in [0.05, 0.1) is 21.6 Å². The number of aromatic nitrogens is 2. The lowest BCUT2D eigenvalue weighted by atomic mass is 10.1. The molecule has 3 heterocycles. The molecule has 29 heavy (non-hydrogen) atoms. The number of fused-ring (bicyclic) bond motifs is 3. The van der Waals surface area contributed by atoms with Crippen LogP contribution in [0.15, 0.2) is 63.8 Å². The van der Waals surface area contributed by atoms with Gasteiger partial charge in [-0.05, 0) is 42.5 Å². The van der Waals surface area contributed by atoms with Gasteiger partial charge >= 0.3 is 5.97 Å². The topological polar surface area (TPSA) is 84.8 Å². The number of carboxylic acids is 1. The van der Waals surface area contributed by atoms with Crippen LogP contribution in [-0.4, -0.2) is 20.5 Å². The zero-order valence-electron chi connectivity index (χ0n) is 14.6. The lowest BCUT2D eigenvalue weighted by Gasteiger charge is -2.02. The van der Waals surface area contributed by atoms with Crippen LogP contribution in [0, 0.1) is 0 Å². The van der Waals surface area contributed by atoms with Gasteiger partial charge in [0.15, 0.2) is 4.96 Å². The molecule has 0 amide bonds. The highest BCUT2D eigenvalue weighted by molar-refractivity contribution is 7.15. The van der Waals surface area contributed by atoms with Crippen LogP contribution in [-0.2, 0) is 0 Å². The average Bonchev–Trinajstić information content (AvgIpc) is 3.38. The predicted molar refractivity (Wildman–Crippen MR) is 112 cm³/mol. The van der Waals surface area contributed by atoms with Gasteiger partial charge < -0.3 is 9.52 Å². The van der Waals surface area contributed by atoms with Gasteiger partial charge in [0.2, 0.25) is 0 Å². The zero-order chi connectivity index (χ0) is 20.1. The van der Waals surface area contributed by atoms with Gasteiger partial charge in [-0.2, -0.15) is 0 Å². The molecule has 0 fully saturated rings. The molecule has 0 saturated carbocycles. The molecule has 0 aliphatic rings. The highest BCUT2D eigenvalue weighted by Gasteiger charge is 2.14. The second-order valence-corrected chi connectivity index (χ2v) is 7.75. The number of benzene rings is 2. The summed E-state index contributed by atoms with van der Waals surface area (Å²) in [6.45, 7) is 0. The first kappa shape index (κ1) is 17.7. The molecule has 8 heteroatoms. The number of carbonyl (C=O) groups is 1. The number of nitrogens with zero attached hydrogens (tertiary/aromatic N) is 2. The summed E-state index contributed by atoms with van der Waals surface area (Å²) in [6.07, 6.45) is 1.65. The van der Waals surface area contributed by atoms with E-state index in [9.17, 15) is 14.7 Å². The molecule has 1 N–H and O–H groups in total. The highest BCUT2D eigenvalue weighted by Crippen LogP contribution is 2.30. The molecule has 3 aromatic heterocycles. The van der Waals surface area contributed by atoms with Crippen molar-refractivity contribution in [2.45, 2.75) is 0 Å². The van der Waals surface area contributed by atoms with E-state index in [4.69, 9.17) is 16.0 Å². The summed E-state index contributed by atoms with van der Waals surface area (Å²) in [6, 6.07) is 15.3. The van der Waals surface area contributed by atoms with E-state index in [-0.39, 0.29) is 11.1 Å². The van der Waals surface area contributed by atoms with E-state index in [1.165, 1.54) is 29.5 Å². The fourth-order valence-electron chi connectivity index (χ4n) is 3.16. The number of imidazole rings is 1. The number of thiazole rings is 1. The van der Waals surface area contributed by atoms with E-state index < -0.39 is 5.97 Å². The Bertz CT molecular complexity index is 1530. The Morgan fingerprint density at radius 3 is 2.83 bits per heavy atom. The van der Waals surface area contributed by atoms with Crippen LogP contribution in [0.25, 0.3) is 33.4 Å². The van der Waals surface area contributed by atoms with Gasteiger partial charge in [-0.15, -0.1) is 0 Å². The predicted octanol–water partition coefficient (Wildman–Crippen LogP) is 4.07. The molecule has 2 aromatic carbocycles. The van der Waals surface area contributed by atoms with Crippen molar-refractivity contribution in [1.29, 1.82) is 0 Å². The van der Waals surface area contributed by atoms with Crippen LogP contribution in [0.2, 0.25) is 5.02 Å². The molecule has 142 valence electrons. The zero-order valence-corrected chi connectivity index (χ0v) is 16.2. The molecular weight excluding hydrogens is 412 g/mol. The highest BCUT2D eigenvalue weighted by atomic mass is 35.5. The SMILES string of the molecule is O=C(O)c1ccc(Cl)c(-c2ccc(C=c3sc4nc5ccccc5n4c3=O)o2)c1. The van der Waals surface area contributed by atoms with E-state index >= 15 is 0 Å². The molecule has 5 rings (SSSR count). The normalized spacial score (nSPS) is 12.2. The summed E-state index contributed by atoms with van der Waals surface area (Å²) in [5.74, 6) is -0.169. The van der Waals surface area contributed by atoms with Gasteiger partial charge in [0.25, 0.3) is 5.56 Å². The molecule has 0 aliphatic carbocycles. The lowest BCUT2D eigenvalue weighted by Crippen LogP contribution is -2.22. The Labute approximate surface area is 171 Å². The average molecular weight is 423 g/mol. The van der Waals surface area contributed by atoms with Gasteiger partial charge in [-0.1, -0.05) is 35.1 Å². The fraction of sp³-hybridized carbons (Fsp3) is 0. The van der Waals surface area contributed by atoms with Gasteiger partial charge in [0, 0.05) is 11.6 Å². The first-order valence-corrected chi connectivity index (χ1v) is 9.75. The third-order valence-electron chi connectivity index (χ3n) is 4.52. The van der Waals surface area contributed by atoms with E-state index in [2.05, 4.69) is 4.98 Å². The van der Waals surface area contributed by atoms with Crippen LogP contribution < -0.4 is 10.1 Å². The second kappa shape index (κ2) is 6.58. The molecule has 0 radical (unpaired) electrons. The van der Waals surface area contributed by atoms with Crippen molar-refractivity contribution >= 4 is 51.0 Å². The van der Waals surface area contributed by atoms with Crippen LogP contribution in [0.3, 0.4) is 0 Å². The molecule has 0 unspecified atom stereocenters. The first-order valence-electron chi connectivity index (χ1n) is 8.56. The lowest BCUT2D eigenvalue weighted by molar-refractivity contribution is 0.0697. The Hall–Kier alpha value is -3.42. The molecule has 0 spiro atoms. The number of rotatable bonds is 3. The van der Waals surface area contributed by atoms with Crippen molar-refractivity contribution in [2.24, 2.45) is 0 Å². The van der Waals surface area contributed by atoms with Crippen LogP contribution in [0.4, 0.5) is 0 Å². The monoisotopic (exact) mass is 422 g/mol. The summed E-state index contributed by atoms with van der Waals surface area (Å²) < 4.78 is 7.89. The summed E-state index contributed by atoms with van der Waals surface area (Å²) in [7, 11) is 0. The maximum absolute atomic E-state index is 12.8. The number of furan rings is 1. The number of para-hydroxylation sites is 2. The van der Waals surface area contributed by atoms with Crippen molar-refractivity contribution in [1.82, 2.24) is 9.38 Å². The van der Waals surface area contributed by atoms with Crippen LogP contribution >= 0.6 is 22.9 Å². The Morgan fingerprint density at radius 2 is 2.00 bits per heavy atom. The smallest absolute Gasteiger partial charge is 0.335 e. The van der Waals surface area contributed by atoms with Crippen LogP contribution in [0.1, 0.15) is 16.1 Å². The summed E-state index contributed by atoms with van der Waals surface area (Å²) in [5, 5.41) is 9.56.